The zero-order chi connectivity index (χ0) is 14.0. The van der Waals surface area contributed by atoms with E-state index in [4.69, 9.17) is 15.7 Å². The summed E-state index contributed by atoms with van der Waals surface area (Å²) in [5.41, 5.74) is 4.81. The smallest absolute Gasteiger partial charge is 0.238 e. The van der Waals surface area contributed by atoms with E-state index >= 15 is 0 Å². The molecule has 0 radical (unpaired) electrons. The minimum absolute atomic E-state index is 0.0931. The monoisotopic (exact) mass is 267 g/mol. The lowest BCUT2D eigenvalue weighted by molar-refractivity contribution is -0.119. The predicted octanol–water partition coefficient (Wildman–Crippen LogP) is 1.30. The Bertz CT molecular complexity index is 541. The molecular weight excluding hydrogens is 253 g/mol. The summed E-state index contributed by atoms with van der Waals surface area (Å²) in [6, 6.07) is 4.08. The topological polar surface area (TPSA) is 96.9 Å². The molecular formula is C12H14FN3O3. The Kier molecular flexibility index (Phi) is 3.28. The summed E-state index contributed by atoms with van der Waals surface area (Å²) in [7, 11) is 1.36. The zero-order valence-electron chi connectivity index (χ0n) is 10.3. The van der Waals surface area contributed by atoms with Crippen LogP contribution < -0.4 is 15.8 Å². The average molecular weight is 267 g/mol. The van der Waals surface area contributed by atoms with Gasteiger partial charge in [-0.3, -0.25) is 4.79 Å². The molecule has 102 valence electrons. The number of anilines is 1. The van der Waals surface area contributed by atoms with Crippen molar-refractivity contribution in [2.24, 2.45) is 16.3 Å². The molecule has 0 aromatic heterocycles. The van der Waals surface area contributed by atoms with Gasteiger partial charge in [-0.2, -0.15) is 0 Å². The molecule has 0 aliphatic heterocycles. The van der Waals surface area contributed by atoms with Crippen LogP contribution in [0.25, 0.3) is 0 Å². The summed E-state index contributed by atoms with van der Waals surface area (Å²) in [6.07, 6.45) is 1.01. The second kappa shape index (κ2) is 4.75. The molecule has 0 unspecified atom stereocenters. The average Bonchev–Trinajstić information content (AvgIpc) is 3.19. The van der Waals surface area contributed by atoms with Gasteiger partial charge in [0, 0.05) is 11.8 Å². The van der Waals surface area contributed by atoms with Crippen LogP contribution in [-0.2, 0) is 4.79 Å². The van der Waals surface area contributed by atoms with E-state index in [1.807, 2.05) is 0 Å². The lowest BCUT2D eigenvalue weighted by Crippen LogP contribution is -2.36. The lowest BCUT2D eigenvalue weighted by atomic mass is 10.1. The van der Waals surface area contributed by atoms with Crippen LogP contribution >= 0.6 is 0 Å². The van der Waals surface area contributed by atoms with Crippen LogP contribution in [0.2, 0.25) is 0 Å². The van der Waals surface area contributed by atoms with Gasteiger partial charge in [-0.05, 0) is 25.0 Å². The largest absolute Gasteiger partial charge is 0.494 e. The number of nitrogens with one attached hydrogen (secondary N) is 1. The van der Waals surface area contributed by atoms with Crippen molar-refractivity contribution < 1.29 is 19.1 Å². The van der Waals surface area contributed by atoms with E-state index in [9.17, 15) is 9.18 Å². The Labute approximate surface area is 109 Å². The van der Waals surface area contributed by atoms with E-state index in [0.717, 1.165) is 6.07 Å². The second-order valence-corrected chi connectivity index (χ2v) is 4.37. The molecule has 1 saturated carbocycles. The maximum absolute atomic E-state index is 13.5. The van der Waals surface area contributed by atoms with Crippen LogP contribution in [0.3, 0.4) is 0 Å². The molecule has 4 N–H and O–H groups in total. The number of carbonyl (C=O) groups is 1. The van der Waals surface area contributed by atoms with Crippen LogP contribution in [0, 0.1) is 11.2 Å². The quantitative estimate of drug-likeness (QED) is 0.331. The van der Waals surface area contributed by atoms with Crippen molar-refractivity contribution in [1.29, 1.82) is 0 Å². The molecule has 0 saturated heterocycles. The van der Waals surface area contributed by atoms with Gasteiger partial charge in [0.05, 0.1) is 7.11 Å². The third-order valence-electron chi connectivity index (χ3n) is 3.19. The minimum atomic E-state index is -0.967. The maximum atomic E-state index is 13.5. The van der Waals surface area contributed by atoms with E-state index in [1.54, 1.807) is 0 Å². The lowest BCUT2D eigenvalue weighted by Gasteiger charge is -2.14. The normalized spacial score (nSPS) is 16.8. The molecule has 0 bridgehead atoms. The highest BCUT2D eigenvalue weighted by atomic mass is 19.1. The fourth-order valence-corrected chi connectivity index (χ4v) is 1.82. The van der Waals surface area contributed by atoms with Gasteiger partial charge in [-0.25, -0.2) is 4.39 Å². The van der Waals surface area contributed by atoms with Crippen molar-refractivity contribution in [3.8, 4) is 5.75 Å². The first-order valence-electron chi connectivity index (χ1n) is 5.66. The Balaban J connectivity index is 2.14. The van der Waals surface area contributed by atoms with E-state index < -0.39 is 17.1 Å². The number of carbonyl (C=O) groups excluding carboxylic acids is 1. The molecule has 19 heavy (non-hydrogen) atoms. The number of hydrogen-bond acceptors (Lipinski definition) is 4. The summed E-state index contributed by atoms with van der Waals surface area (Å²) in [4.78, 5) is 12.0. The van der Waals surface area contributed by atoms with Gasteiger partial charge in [0.1, 0.15) is 5.41 Å². The number of methoxy groups -OCH3 is 1. The SMILES string of the molecule is COc1ccc(NC(=O)C2(/C(N)=N/O)CC2)cc1F. The van der Waals surface area contributed by atoms with Gasteiger partial charge in [-0.15, -0.1) is 0 Å². The zero-order valence-corrected chi connectivity index (χ0v) is 10.3. The fourth-order valence-electron chi connectivity index (χ4n) is 1.82. The van der Waals surface area contributed by atoms with Crippen molar-refractivity contribution in [1.82, 2.24) is 0 Å². The van der Waals surface area contributed by atoms with Gasteiger partial charge < -0.3 is 21.0 Å². The third kappa shape index (κ3) is 2.31. The number of hydrogen-bond donors (Lipinski definition) is 3. The van der Waals surface area contributed by atoms with Crippen LogP contribution in [0.1, 0.15) is 12.8 Å². The van der Waals surface area contributed by atoms with Crippen LogP contribution in [-0.4, -0.2) is 24.1 Å². The van der Waals surface area contributed by atoms with E-state index in [2.05, 4.69) is 10.5 Å². The van der Waals surface area contributed by atoms with Crippen LogP contribution in [0.4, 0.5) is 10.1 Å². The maximum Gasteiger partial charge on any atom is 0.238 e. The Morgan fingerprint density at radius 1 is 1.58 bits per heavy atom. The molecule has 1 aromatic carbocycles. The molecule has 7 heteroatoms. The number of rotatable bonds is 4. The van der Waals surface area contributed by atoms with Crippen molar-refractivity contribution in [3.05, 3.63) is 24.0 Å². The van der Waals surface area contributed by atoms with Gasteiger partial charge >= 0.3 is 0 Å². The first-order valence-corrected chi connectivity index (χ1v) is 5.66. The molecule has 0 atom stereocenters. The summed E-state index contributed by atoms with van der Waals surface area (Å²) in [5, 5.41) is 14.1. The minimum Gasteiger partial charge on any atom is -0.494 e. The van der Waals surface area contributed by atoms with Crippen LogP contribution in [0.15, 0.2) is 23.4 Å². The summed E-state index contributed by atoms with van der Waals surface area (Å²) < 4.78 is 18.3. The summed E-state index contributed by atoms with van der Waals surface area (Å²) >= 11 is 0. The van der Waals surface area contributed by atoms with Crippen molar-refractivity contribution in [3.63, 3.8) is 0 Å². The molecule has 1 fully saturated rings. The number of amidine groups is 1. The highest BCUT2D eigenvalue weighted by Crippen LogP contribution is 2.46. The Morgan fingerprint density at radius 3 is 2.74 bits per heavy atom. The van der Waals surface area contributed by atoms with Crippen molar-refractivity contribution >= 4 is 17.4 Å². The molecule has 1 aliphatic carbocycles. The Morgan fingerprint density at radius 2 is 2.26 bits per heavy atom. The number of oxime groups is 1. The standard InChI is InChI=1S/C12H14FN3O3/c1-19-9-3-2-7(6-8(9)13)15-11(17)12(4-5-12)10(14)16-18/h2-3,6,18H,4-5H2,1H3,(H2,14,16)(H,15,17). The molecule has 0 heterocycles. The molecule has 1 amide bonds. The van der Waals surface area contributed by atoms with Crippen molar-refractivity contribution in [2.45, 2.75) is 12.8 Å². The van der Waals surface area contributed by atoms with Crippen LogP contribution in [0.5, 0.6) is 5.75 Å². The first-order chi connectivity index (χ1) is 9.03. The molecule has 2 rings (SSSR count). The number of nitrogens with two attached hydrogens (primary N) is 1. The number of ether oxygens (including phenoxy) is 1. The number of benzene rings is 1. The third-order valence-corrected chi connectivity index (χ3v) is 3.19. The Hall–Kier alpha value is -2.31. The van der Waals surface area contributed by atoms with Gasteiger partial charge in [0.2, 0.25) is 5.91 Å². The second-order valence-electron chi connectivity index (χ2n) is 4.37. The molecule has 1 aliphatic rings. The van der Waals surface area contributed by atoms with E-state index in [1.165, 1.54) is 19.2 Å². The predicted molar refractivity (Wildman–Crippen MR) is 66.7 cm³/mol. The van der Waals surface area contributed by atoms with Gasteiger partial charge in [0.25, 0.3) is 0 Å². The summed E-state index contributed by atoms with van der Waals surface area (Å²) in [5.74, 6) is -1.02. The van der Waals surface area contributed by atoms with Crippen molar-refractivity contribution in [2.75, 3.05) is 12.4 Å². The molecule has 6 nitrogen and oxygen atoms in total. The summed E-state index contributed by atoms with van der Waals surface area (Å²) in [6.45, 7) is 0. The number of amides is 1. The highest BCUT2D eigenvalue weighted by molar-refractivity contribution is 6.14. The number of nitrogens with zero attached hydrogens (tertiary/aromatic N) is 1. The van der Waals surface area contributed by atoms with E-state index in [-0.39, 0.29) is 11.6 Å². The molecule has 1 aromatic rings. The fraction of sp³-hybridized carbons (Fsp3) is 0.333. The highest BCUT2D eigenvalue weighted by Gasteiger charge is 2.54. The molecule has 0 spiro atoms. The van der Waals surface area contributed by atoms with Gasteiger partial charge in [0.15, 0.2) is 17.4 Å². The van der Waals surface area contributed by atoms with E-state index in [0.29, 0.717) is 18.5 Å². The first kappa shape index (κ1) is 13.1. The number of halogens is 1. The van der Waals surface area contributed by atoms with Gasteiger partial charge in [-0.1, -0.05) is 5.16 Å².